The molecule has 8 nitrogen and oxygen atoms in total. The minimum Gasteiger partial charge on any atom is -0.476 e. The van der Waals surface area contributed by atoms with Crippen LogP contribution in [0.25, 0.3) is 0 Å². The van der Waals surface area contributed by atoms with Crippen molar-refractivity contribution in [1.82, 2.24) is 19.6 Å². The lowest BCUT2D eigenvalue weighted by molar-refractivity contribution is -0.138. The van der Waals surface area contributed by atoms with Crippen LogP contribution in [0.1, 0.15) is 41.4 Å². The largest absolute Gasteiger partial charge is 0.476 e. The summed E-state index contributed by atoms with van der Waals surface area (Å²) in [4.78, 5) is 29.2. The van der Waals surface area contributed by atoms with Crippen molar-refractivity contribution in [1.29, 1.82) is 0 Å². The number of anilines is 1. The van der Waals surface area contributed by atoms with Crippen LogP contribution in [0.3, 0.4) is 0 Å². The van der Waals surface area contributed by atoms with Crippen LogP contribution in [-0.2, 0) is 12.7 Å². The Bertz CT molecular complexity index is 1030. The third-order valence-corrected chi connectivity index (χ3v) is 6.23. The van der Waals surface area contributed by atoms with Gasteiger partial charge in [0.25, 0.3) is 0 Å². The second kappa shape index (κ2) is 9.05. The van der Waals surface area contributed by atoms with Gasteiger partial charge in [0, 0.05) is 57.2 Å². The van der Waals surface area contributed by atoms with Gasteiger partial charge in [0.1, 0.15) is 0 Å². The molecule has 1 amide bonds. The Labute approximate surface area is 189 Å². The Hall–Kier alpha value is -3.08. The van der Waals surface area contributed by atoms with E-state index >= 15 is 0 Å². The first kappa shape index (κ1) is 23.1. The summed E-state index contributed by atoms with van der Waals surface area (Å²) in [5, 5.41) is 12.8. The SMILES string of the molecule is C[C@@H]1CN(Cc2ccc(N3CCCC3)cc2C(F)(F)F)CCN1C(=O)n1ccc(C(=O)O)n1. The van der Waals surface area contributed by atoms with Gasteiger partial charge in [-0.1, -0.05) is 6.07 Å². The molecule has 178 valence electrons. The molecule has 0 spiro atoms. The van der Waals surface area contributed by atoms with E-state index < -0.39 is 23.7 Å². The average molecular weight is 465 g/mol. The number of alkyl halides is 3. The fourth-order valence-corrected chi connectivity index (χ4v) is 4.52. The lowest BCUT2D eigenvalue weighted by Gasteiger charge is -2.39. The standard InChI is InChI=1S/C22H26F3N5O3/c1-15-13-27(10-11-29(15)21(33)30-9-6-19(26-30)20(31)32)14-16-4-5-17(28-7-2-3-8-28)12-18(16)22(23,24)25/h4-6,9,12,15H,2-3,7-8,10-11,13-14H2,1H3,(H,31,32)/t15-/m1/s1. The summed E-state index contributed by atoms with van der Waals surface area (Å²) in [6.45, 7) is 4.58. The zero-order valence-corrected chi connectivity index (χ0v) is 18.3. The summed E-state index contributed by atoms with van der Waals surface area (Å²) in [5.41, 5.74) is -0.0228. The van der Waals surface area contributed by atoms with Gasteiger partial charge in [-0.05, 0) is 43.5 Å². The Kier molecular flexibility index (Phi) is 6.33. The molecule has 2 fully saturated rings. The maximum absolute atomic E-state index is 13.8. The lowest BCUT2D eigenvalue weighted by atomic mass is 10.0. The van der Waals surface area contributed by atoms with E-state index in [0.717, 1.165) is 30.6 Å². The highest BCUT2D eigenvalue weighted by Crippen LogP contribution is 2.36. The van der Waals surface area contributed by atoms with E-state index in [1.807, 2.05) is 16.7 Å². The van der Waals surface area contributed by atoms with E-state index in [1.54, 1.807) is 17.0 Å². The molecule has 1 aromatic carbocycles. The maximum atomic E-state index is 13.8. The topological polar surface area (TPSA) is 81.9 Å². The van der Waals surface area contributed by atoms with Gasteiger partial charge in [-0.2, -0.15) is 23.0 Å². The molecule has 0 unspecified atom stereocenters. The molecule has 3 heterocycles. The van der Waals surface area contributed by atoms with Crippen molar-refractivity contribution in [2.45, 2.75) is 38.5 Å². The number of piperazine rings is 1. The maximum Gasteiger partial charge on any atom is 0.416 e. The highest BCUT2D eigenvalue weighted by molar-refractivity contribution is 5.86. The zero-order valence-electron chi connectivity index (χ0n) is 18.3. The van der Waals surface area contributed by atoms with Gasteiger partial charge in [0.05, 0.1) is 5.56 Å². The van der Waals surface area contributed by atoms with E-state index in [-0.39, 0.29) is 23.8 Å². The van der Waals surface area contributed by atoms with Gasteiger partial charge in [0.2, 0.25) is 0 Å². The Morgan fingerprint density at radius 1 is 1.12 bits per heavy atom. The molecule has 0 saturated carbocycles. The number of carboxylic acid groups (broad SMARTS) is 1. The molecule has 2 aliphatic heterocycles. The first-order valence-corrected chi connectivity index (χ1v) is 10.9. The molecule has 1 atom stereocenters. The third-order valence-electron chi connectivity index (χ3n) is 6.23. The molecule has 2 aliphatic rings. The van der Waals surface area contributed by atoms with Crippen LogP contribution >= 0.6 is 0 Å². The molecule has 0 radical (unpaired) electrons. The smallest absolute Gasteiger partial charge is 0.416 e. The van der Waals surface area contributed by atoms with Gasteiger partial charge in [0.15, 0.2) is 5.69 Å². The number of halogens is 3. The molecule has 1 N–H and O–H groups in total. The van der Waals surface area contributed by atoms with Crippen LogP contribution < -0.4 is 4.90 Å². The van der Waals surface area contributed by atoms with Crippen molar-refractivity contribution in [3.63, 3.8) is 0 Å². The number of nitrogens with zero attached hydrogens (tertiary/aromatic N) is 5. The molecular formula is C22H26F3N5O3. The number of aromatic nitrogens is 2. The Balaban J connectivity index is 1.45. The van der Waals surface area contributed by atoms with E-state index in [0.29, 0.717) is 25.3 Å². The Morgan fingerprint density at radius 3 is 2.45 bits per heavy atom. The summed E-state index contributed by atoms with van der Waals surface area (Å²) < 4.78 is 42.4. The first-order valence-electron chi connectivity index (χ1n) is 10.9. The number of carbonyl (C=O) groups is 2. The minimum atomic E-state index is -4.45. The van der Waals surface area contributed by atoms with Crippen LogP contribution in [0, 0.1) is 0 Å². The molecule has 11 heteroatoms. The van der Waals surface area contributed by atoms with Crippen LogP contribution in [0.2, 0.25) is 0 Å². The van der Waals surface area contributed by atoms with Gasteiger partial charge in [-0.15, -0.1) is 0 Å². The quantitative estimate of drug-likeness (QED) is 0.746. The molecule has 0 aliphatic carbocycles. The third kappa shape index (κ3) is 4.97. The van der Waals surface area contributed by atoms with Gasteiger partial charge >= 0.3 is 18.2 Å². The van der Waals surface area contributed by atoms with E-state index in [4.69, 9.17) is 5.11 Å². The summed E-state index contributed by atoms with van der Waals surface area (Å²) >= 11 is 0. The number of hydrogen-bond acceptors (Lipinski definition) is 5. The summed E-state index contributed by atoms with van der Waals surface area (Å²) in [6.07, 6.45) is -1.18. The summed E-state index contributed by atoms with van der Waals surface area (Å²) in [5.74, 6) is -1.23. The molecule has 2 aromatic rings. The molecule has 2 saturated heterocycles. The molecule has 0 bridgehead atoms. The van der Waals surface area contributed by atoms with Crippen molar-refractivity contribution in [2.24, 2.45) is 0 Å². The fraction of sp³-hybridized carbons (Fsp3) is 0.500. The van der Waals surface area contributed by atoms with Crippen molar-refractivity contribution in [3.05, 3.63) is 47.3 Å². The van der Waals surface area contributed by atoms with E-state index in [9.17, 15) is 22.8 Å². The zero-order chi connectivity index (χ0) is 23.8. The fourth-order valence-electron chi connectivity index (χ4n) is 4.52. The molecule has 33 heavy (non-hydrogen) atoms. The highest BCUT2D eigenvalue weighted by atomic mass is 19.4. The van der Waals surface area contributed by atoms with Crippen LogP contribution in [0.15, 0.2) is 30.5 Å². The molecule has 4 rings (SSSR count). The minimum absolute atomic E-state index is 0.131. The van der Waals surface area contributed by atoms with Gasteiger partial charge in [-0.3, -0.25) is 4.90 Å². The predicted molar refractivity (Wildman–Crippen MR) is 114 cm³/mol. The number of amides is 1. The van der Waals surface area contributed by atoms with Crippen LogP contribution in [0.5, 0.6) is 0 Å². The number of benzene rings is 1. The number of carbonyl (C=O) groups excluding carboxylic acids is 1. The average Bonchev–Trinajstić information content (AvgIpc) is 3.45. The highest BCUT2D eigenvalue weighted by Gasteiger charge is 2.36. The van der Waals surface area contributed by atoms with Gasteiger partial charge < -0.3 is 14.9 Å². The molecule has 1 aromatic heterocycles. The monoisotopic (exact) mass is 465 g/mol. The number of hydrogen-bond donors (Lipinski definition) is 1. The number of carboxylic acids is 1. The van der Waals surface area contributed by atoms with Crippen molar-refractivity contribution >= 4 is 17.7 Å². The lowest BCUT2D eigenvalue weighted by Crippen LogP contribution is -2.54. The van der Waals surface area contributed by atoms with Crippen LogP contribution in [0.4, 0.5) is 23.7 Å². The van der Waals surface area contributed by atoms with Crippen molar-refractivity contribution < 1.29 is 27.9 Å². The summed E-state index contributed by atoms with van der Waals surface area (Å²) in [6, 6.07) is 5.09. The second-order valence-electron chi connectivity index (χ2n) is 8.54. The van der Waals surface area contributed by atoms with E-state index in [1.165, 1.54) is 18.3 Å². The Morgan fingerprint density at radius 2 is 1.85 bits per heavy atom. The summed E-state index contributed by atoms with van der Waals surface area (Å²) in [7, 11) is 0. The van der Waals surface area contributed by atoms with Gasteiger partial charge in [-0.25, -0.2) is 9.59 Å². The van der Waals surface area contributed by atoms with E-state index in [2.05, 4.69) is 5.10 Å². The van der Waals surface area contributed by atoms with Crippen LogP contribution in [-0.4, -0.2) is 75.5 Å². The predicted octanol–water partition coefficient (Wildman–Crippen LogP) is 3.37. The number of rotatable bonds is 4. The second-order valence-corrected chi connectivity index (χ2v) is 8.54. The van der Waals surface area contributed by atoms with Crippen molar-refractivity contribution in [3.8, 4) is 0 Å². The normalized spacial score (nSPS) is 19.8. The first-order chi connectivity index (χ1) is 15.6. The van der Waals surface area contributed by atoms with Crippen molar-refractivity contribution in [2.75, 3.05) is 37.6 Å². The molecular weight excluding hydrogens is 439 g/mol. The number of aromatic carboxylic acids is 1.